The first-order chi connectivity index (χ1) is 8.20. The zero-order chi connectivity index (χ0) is 12.3. The van der Waals surface area contributed by atoms with Crippen LogP contribution < -0.4 is 5.32 Å². The summed E-state index contributed by atoms with van der Waals surface area (Å²) in [7, 11) is 1.38. The van der Waals surface area contributed by atoms with E-state index in [1.165, 1.54) is 37.7 Å². The predicted molar refractivity (Wildman–Crippen MR) is 68.4 cm³/mol. The minimum atomic E-state index is -0.315. The van der Waals surface area contributed by atoms with Gasteiger partial charge >= 0.3 is 5.97 Å². The second-order valence-electron chi connectivity index (χ2n) is 4.57. The molecule has 1 N–H and O–H groups in total. The molecule has 4 nitrogen and oxygen atoms in total. The molecule has 1 saturated carbocycles. The van der Waals surface area contributed by atoms with Crippen LogP contribution in [0.4, 0.5) is 5.13 Å². The molecule has 94 valence electrons. The maximum Gasteiger partial charge on any atom is 0.349 e. The van der Waals surface area contributed by atoms with Crippen LogP contribution in [0.1, 0.15) is 35.9 Å². The van der Waals surface area contributed by atoms with Gasteiger partial charge in [0.15, 0.2) is 5.13 Å². The molecule has 1 aliphatic carbocycles. The van der Waals surface area contributed by atoms with Crippen molar-refractivity contribution in [2.24, 2.45) is 11.8 Å². The van der Waals surface area contributed by atoms with Gasteiger partial charge in [0.2, 0.25) is 0 Å². The molecule has 1 fully saturated rings. The molecule has 17 heavy (non-hydrogen) atoms. The van der Waals surface area contributed by atoms with Gasteiger partial charge in [0.05, 0.1) is 13.3 Å². The fraction of sp³-hybridized carbons (Fsp3) is 0.667. The fourth-order valence-corrected chi connectivity index (χ4v) is 3.04. The number of methoxy groups -OCH3 is 1. The highest BCUT2D eigenvalue weighted by molar-refractivity contribution is 7.17. The highest BCUT2D eigenvalue weighted by Gasteiger charge is 2.23. The van der Waals surface area contributed by atoms with E-state index in [1.807, 2.05) is 0 Å². The number of ether oxygens (including phenoxy) is 1. The number of esters is 1. The molecule has 1 aromatic heterocycles. The van der Waals surface area contributed by atoms with E-state index in [2.05, 4.69) is 22.0 Å². The Labute approximate surface area is 105 Å². The van der Waals surface area contributed by atoms with E-state index in [0.717, 1.165) is 23.5 Å². The zero-order valence-corrected chi connectivity index (χ0v) is 11.0. The van der Waals surface area contributed by atoms with Crippen molar-refractivity contribution >= 4 is 22.4 Å². The number of aromatic nitrogens is 1. The van der Waals surface area contributed by atoms with Crippen LogP contribution in [0.15, 0.2) is 6.20 Å². The van der Waals surface area contributed by atoms with Crippen molar-refractivity contribution in [3.63, 3.8) is 0 Å². The zero-order valence-electron chi connectivity index (χ0n) is 10.2. The van der Waals surface area contributed by atoms with Crippen molar-refractivity contribution in [1.29, 1.82) is 0 Å². The second kappa shape index (κ2) is 5.49. The molecule has 2 atom stereocenters. The van der Waals surface area contributed by atoms with E-state index in [9.17, 15) is 4.79 Å². The average Bonchev–Trinajstić information content (AvgIpc) is 2.94. The Balaban J connectivity index is 1.86. The van der Waals surface area contributed by atoms with Crippen LogP contribution in [-0.2, 0) is 4.74 Å². The Morgan fingerprint density at radius 1 is 1.65 bits per heavy atom. The summed E-state index contributed by atoms with van der Waals surface area (Å²) in [5, 5.41) is 4.13. The third-order valence-electron chi connectivity index (χ3n) is 3.45. The number of hydrogen-bond acceptors (Lipinski definition) is 5. The summed E-state index contributed by atoms with van der Waals surface area (Å²) in [6.45, 7) is 3.26. The first kappa shape index (κ1) is 12.4. The van der Waals surface area contributed by atoms with Gasteiger partial charge < -0.3 is 10.1 Å². The van der Waals surface area contributed by atoms with Gasteiger partial charge in [-0.15, -0.1) is 0 Å². The monoisotopic (exact) mass is 254 g/mol. The second-order valence-corrected chi connectivity index (χ2v) is 5.60. The smallest absolute Gasteiger partial charge is 0.349 e. The van der Waals surface area contributed by atoms with Crippen LogP contribution in [0, 0.1) is 11.8 Å². The van der Waals surface area contributed by atoms with E-state index < -0.39 is 0 Å². The Hall–Kier alpha value is -1.10. The highest BCUT2D eigenvalue weighted by atomic mass is 32.1. The minimum absolute atomic E-state index is 0.315. The van der Waals surface area contributed by atoms with Crippen LogP contribution in [0.25, 0.3) is 0 Å². The molecule has 2 unspecified atom stereocenters. The summed E-state index contributed by atoms with van der Waals surface area (Å²) in [5.41, 5.74) is 0. The molecule has 2 rings (SSSR count). The van der Waals surface area contributed by atoms with Crippen molar-refractivity contribution < 1.29 is 9.53 Å². The molecule has 1 heterocycles. The third-order valence-corrected chi connectivity index (χ3v) is 4.38. The van der Waals surface area contributed by atoms with Crippen LogP contribution in [0.2, 0.25) is 0 Å². The van der Waals surface area contributed by atoms with Crippen LogP contribution in [0.3, 0.4) is 0 Å². The molecule has 0 saturated heterocycles. The number of nitrogens with one attached hydrogen (secondary N) is 1. The Bertz CT molecular complexity index is 392. The van der Waals surface area contributed by atoms with Crippen LogP contribution in [0.5, 0.6) is 0 Å². The van der Waals surface area contributed by atoms with Crippen molar-refractivity contribution in [3.8, 4) is 0 Å². The Morgan fingerprint density at radius 3 is 3.12 bits per heavy atom. The molecular weight excluding hydrogens is 236 g/mol. The van der Waals surface area contributed by atoms with Gasteiger partial charge in [-0.1, -0.05) is 31.1 Å². The number of nitrogens with zero attached hydrogens (tertiary/aromatic N) is 1. The number of hydrogen-bond donors (Lipinski definition) is 1. The van der Waals surface area contributed by atoms with E-state index in [0.29, 0.717) is 4.88 Å². The lowest BCUT2D eigenvalue weighted by atomic mass is 9.98. The Kier molecular flexibility index (Phi) is 3.99. The van der Waals surface area contributed by atoms with E-state index in [-0.39, 0.29) is 5.97 Å². The number of anilines is 1. The molecule has 0 amide bonds. The first-order valence-electron chi connectivity index (χ1n) is 5.98. The molecule has 0 radical (unpaired) electrons. The summed E-state index contributed by atoms with van der Waals surface area (Å²) in [6.07, 6.45) is 5.52. The molecule has 1 aliphatic rings. The number of carbonyl (C=O) groups excluding carboxylic acids is 1. The van der Waals surface area contributed by atoms with E-state index in [1.54, 1.807) is 6.20 Å². The van der Waals surface area contributed by atoms with Gasteiger partial charge in [-0.2, -0.15) is 0 Å². The van der Waals surface area contributed by atoms with Crippen molar-refractivity contribution in [2.75, 3.05) is 19.0 Å². The van der Waals surface area contributed by atoms with Crippen LogP contribution >= 0.6 is 11.3 Å². The van der Waals surface area contributed by atoms with Gasteiger partial charge in [-0.05, 0) is 18.3 Å². The summed E-state index contributed by atoms with van der Waals surface area (Å²) in [5.74, 6) is 1.22. The van der Waals surface area contributed by atoms with Gasteiger partial charge in [0.25, 0.3) is 0 Å². The van der Waals surface area contributed by atoms with Crippen molar-refractivity contribution in [3.05, 3.63) is 11.1 Å². The molecule has 0 bridgehead atoms. The topological polar surface area (TPSA) is 51.2 Å². The molecular formula is C12H18N2O2S. The quantitative estimate of drug-likeness (QED) is 0.839. The van der Waals surface area contributed by atoms with E-state index >= 15 is 0 Å². The van der Waals surface area contributed by atoms with Gasteiger partial charge in [0, 0.05) is 6.54 Å². The maximum atomic E-state index is 11.3. The minimum Gasteiger partial charge on any atom is -0.465 e. The van der Waals surface area contributed by atoms with Gasteiger partial charge in [-0.3, -0.25) is 0 Å². The first-order valence-corrected chi connectivity index (χ1v) is 6.80. The van der Waals surface area contributed by atoms with Crippen molar-refractivity contribution in [2.45, 2.75) is 26.2 Å². The summed E-state index contributed by atoms with van der Waals surface area (Å²) < 4.78 is 4.65. The molecule has 0 aromatic carbocycles. The van der Waals surface area contributed by atoms with E-state index in [4.69, 9.17) is 0 Å². The summed E-state index contributed by atoms with van der Waals surface area (Å²) >= 11 is 1.35. The van der Waals surface area contributed by atoms with Crippen LogP contribution in [-0.4, -0.2) is 24.6 Å². The summed E-state index contributed by atoms with van der Waals surface area (Å²) in [4.78, 5) is 16.0. The van der Waals surface area contributed by atoms with Gasteiger partial charge in [-0.25, -0.2) is 9.78 Å². The molecule has 5 heteroatoms. The van der Waals surface area contributed by atoms with Gasteiger partial charge in [0.1, 0.15) is 4.88 Å². The average molecular weight is 254 g/mol. The Morgan fingerprint density at radius 2 is 2.47 bits per heavy atom. The SMILES string of the molecule is COC(=O)c1cnc(NCC2CCCC2C)s1. The number of thiazole rings is 1. The lowest BCUT2D eigenvalue weighted by Gasteiger charge is -2.15. The number of carbonyl (C=O) groups is 1. The largest absolute Gasteiger partial charge is 0.465 e. The summed E-state index contributed by atoms with van der Waals surface area (Å²) in [6, 6.07) is 0. The highest BCUT2D eigenvalue weighted by Crippen LogP contribution is 2.31. The van der Waals surface area contributed by atoms with Crippen molar-refractivity contribution in [1.82, 2.24) is 4.98 Å². The molecule has 0 aliphatic heterocycles. The standard InChI is InChI=1S/C12H18N2O2S/c1-8-4-3-5-9(8)6-13-12-14-7-10(17-12)11(15)16-2/h7-9H,3-6H2,1-2H3,(H,13,14). The molecule has 0 spiro atoms. The number of rotatable bonds is 4. The molecule has 1 aromatic rings. The maximum absolute atomic E-state index is 11.3. The third kappa shape index (κ3) is 2.97. The predicted octanol–water partition coefficient (Wildman–Crippen LogP) is 2.78. The lowest BCUT2D eigenvalue weighted by Crippen LogP contribution is -2.16. The lowest BCUT2D eigenvalue weighted by molar-refractivity contribution is 0.0606. The fourth-order valence-electron chi connectivity index (χ4n) is 2.29. The normalized spacial score (nSPS) is 23.6.